The summed E-state index contributed by atoms with van der Waals surface area (Å²) in [5.74, 6) is 0.512. The Morgan fingerprint density at radius 3 is 2.55 bits per heavy atom. The average molecular weight is 316 g/mol. The molecule has 0 radical (unpaired) electrons. The predicted molar refractivity (Wildman–Crippen MR) is 76.3 cm³/mol. The molecule has 10 heteroatoms. The van der Waals surface area contributed by atoms with Crippen LogP contribution in [0.2, 0.25) is 5.28 Å². The van der Waals surface area contributed by atoms with Gasteiger partial charge in [0.25, 0.3) is 0 Å². The van der Waals surface area contributed by atoms with Gasteiger partial charge in [0.05, 0.1) is 0 Å². The van der Waals surface area contributed by atoms with Gasteiger partial charge in [-0.3, -0.25) is 4.57 Å². The fourth-order valence-electron chi connectivity index (χ4n) is 1.52. The van der Waals surface area contributed by atoms with Crippen LogP contribution in [0.5, 0.6) is 0 Å². The Bertz CT molecular complexity index is 651. The quantitative estimate of drug-likeness (QED) is 0.877. The van der Waals surface area contributed by atoms with Gasteiger partial charge in [-0.2, -0.15) is 15.0 Å². The summed E-state index contributed by atoms with van der Waals surface area (Å²) in [6, 6.07) is 0. The lowest BCUT2D eigenvalue weighted by Crippen LogP contribution is -2.24. The van der Waals surface area contributed by atoms with E-state index in [2.05, 4.69) is 25.1 Å². The number of aromatic nitrogens is 6. The molecule has 0 aromatic carbocycles. The number of aromatic amines is 1. The summed E-state index contributed by atoms with van der Waals surface area (Å²) in [7, 11) is 1.61. The monoisotopic (exact) mass is 315 g/mol. The Kier molecular flexibility index (Phi) is 4.61. The van der Waals surface area contributed by atoms with E-state index in [0.717, 1.165) is 24.9 Å². The first kappa shape index (κ1) is 14.8. The molecule has 2 heterocycles. The number of halogens is 1. The maximum Gasteiger partial charge on any atom is 0.343 e. The highest BCUT2D eigenvalue weighted by Crippen LogP contribution is 2.23. The first-order valence-electron chi connectivity index (χ1n) is 6.00. The third-order valence-electron chi connectivity index (χ3n) is 2.64. The standard InChI is InChI=1S/C10H14ClN7OS/c1-4-18(5-2)7-12-6(11)13-8(14-7)20-10-16-15-9(19)17(10)3/h4-5H2,1-3H3,(H,15,19). The zero-order valence-corrected chi connectivity index (χ0v) is 12.9. The van der Waals surface area contributed by atoms with Gasteiger partial charge >= 0.3 is 5.69 Å². The van der Waals surface area contributed by atoms with Crippen LogP contribution in [-0.4, -0.2) is 42.8 Å². The van der Waals surface area contributed by atoms with Gasteiger partial charge in [-0.25, -0.2) is 9.89 Å². The van der Waals surface area contributed by atoms with E-state index in [4.69, 9.17) is 11.6 Å². The molecule has 8 nitrogen and oxygen atoms in total. The van der Waals surface area contributed by atoms with Crippen molar-refractivity contribution in [2.75, 3.05) is 18.0 Å². The van der Waals surface area contributed by atoms with Crippen LogP contribution < -0.4 is 10.6 Å². The van der Waals surface area contributed by atoms with E-state index in [9.17, 15) is 4.79 Å². The van der Waals surface area contributed by atoms with Crippen molar-refractivity contribution in [3.05, 3.63) is 15.8 Å². The minimum atomic E-state index is -0.295. The van der Waals surface area contributed by atoms with Gasteiger partial charge in [0.1, 0.15) is 0 Å². The van der Waals surface area contributed by atoms with Crippen LogP contribution in [0.25, 0.3) is 0 Å². The van der Waals surface area contributed by atoms with E-state index >= 15 is 0 Å². The van der Waals surface area contributed by atoms with E-state index in [1.807, 2.05) is 18.7 Å². The maximum absolute atomic E-state index is 11.3. The number of hydrogen-bond donors (Lipinski definition) is 1. The summed E-state index contributed by atoms with van der Waals surface area (Å²) in [5, 5.41) is 7.21. The van der Waals surface area contributed by atoms with Crippen LogP contribution in [0.15, 0.2) is 15.1 Å². The molecule has 2 rings (SSSR count). The highest BCUT2D eigenvalue weighted by Gasteiger charge is 2.14. The highest BCUT2D eigenvalue weighted by atomic mass is 35.5. The van der Waals surface area contributed by atoms with Crippen LogP contribution in [0.4, 0.5) is 5.95 Å². The smallest absolute Gasteiger partial charge is 0.341 e. The van der Waals surface area contributed by atoms with Crippen molar-refractivity contribution in [2.24, 2.45) is 7.05 Å². The van der Waals surface area contributed by atoms with Crippen molar-refractivity contribution in [1.82, 2.24) is 29.7 Å². The molecule has 0 atom stereocenters. The Morgan fingerprint density at radius 1 is 1.30 bits per heavy atom. The molecular formula is C10H14ClN7OS. The second-order valence-electron chi connectivity index (χ2n) is 3.83. The number of hydrogen-bond acceptors (Lipinski definition) is 7. The van der Waals surface area contributed by atoms with Crippen molar-refractivity contribution in [2.45, 2.75) is 24.2 Å². The van der Waals surface area contributed by atoms with Crippen molar-refractivity contribution in [1.29, 1.82) is 0 Å². The van der Waals surface area contributed by atoms with Crippen molar-refractivity contribution in [3.63, 3.8) is 0 Å². The largest absolute Gasteiger partial charge is 0.343 e. The van der Waals surface area contributed by atoms with Crippen molar-refractivity contribution < 1.29 is 0 Å². The lowest BCUT2D eigenvalue weighted by molar-refractivity contribution is 0.754. The maximum atomic E-state index is 11.3. The third-order valence-corrected chi connectivity index (χ3v) is 3.73. The molecule has 1 N–H and O–H groups in total. The van der Waals surface area contributed by atoms with Gasteiger partial charge in [0.2, 0.25) is 16.4 Å². The Balaban J connectivity index is 2.33. The van der Waals surface area contributed by atoms with E-state index in [1.165, 1.54) is 4.57 Å². The number of rotatable bonds is 5. The topological polar surface area (TPSA) is 92.6 Å². The van der Waals surface area contributed by atoms with E-state index < -0.39 is 0 Å². The van der Waals surface area contributed by atoms with Crippen LogP contribution >= 0.6 is 23.4 Å². The Hall–Kier alpha value is -1.61. The summed E-state index contributed by atoms with van der Waals surface area (Å²) in [4.78, 5) is 25.7. The van der Waals surface area contributed by atoms with Crippen LogP contribution in [0.1, 0.15) is 13.8 Å². The second kappa shape index (κ2) is 6.23. The summed E-state index contributed by atoms with van der Waals surface area (Å²) < 4.78 is 1.37. The van der Waals surface area contributed by atoms with Gasteiger partial charge in [-0.1, -0.05) is 0 Å². The zero-order valence-electron chi connectivity index (χ0n) is 11.3. The van der Waals surface area contributed by atoms with Gasteiger partial charge in [0, 0.05) is 20.1 Å². The summed E-state index contributed by atoms with van der Waals surface area (Å²) in [6.45, 7) is 5.54. The predicted octanol–water partition coefficient (Wildman–Crippen LogP) is 0.944. The van der Waals surface area contributed by atoms with Gasteiger partial charge in [0.15, 0.2) is 5.16 Å². The number of H-pyrrole nitrogens is 1. The van der Waals surface area contributed by atoms with Crippen molar-refractivity contribution >= 4 is 29.3 Å². The number of anilines is 1. The molecule has 0 aliphatic carbocycles. The molecule has 0 fully saturated rings. The number of nitrogens with one attached hydrogen (secondary N) is 1. The molecule has 0 spiro atoms. The lowest BCUT2D eigenvalue weighted by Gasteiger charge is -2.18. The molecule has 0 saturated heterocycles. The first-order chi connectivity index (χ1) is 9.55. The summed E-state index contributed by atoms with van der Waals surface area (Å²) in [5.41, 5.74) is -0.295. The minimum Gasteiger partial charge on any atom is -0.341 e. The van der Waals surface area contributed by atoms with Gasteiger partial charge in [-0.15, -0.1) is 5.10 Å². The molecule has 20 heavy (non-hydrogen) atoms. The molecule has 0 aliphatic rings. The number of nitrogens with zero attached hydrogens (tertiary/aromatic N) is 6. The fraction of sp³-hybridized carbons (Fsp3) is 0.500. The SMILES string of the molecule is CCN(CC)c1nc(Cl)nc(Sc2n[nH]c(=O)n2C)n1. The van der Waals surface area contributed by atoms with E-state index in [1.54, 1.807) is 7.05 Å². The summed E-state index contributed by atoms with van der Waals surface area (Å²) >= 11 is 7.07. The first-order valence-corrected chi connectivity index (χ1v) is 7.20. The van der Waals surface area contributed by atoms with Crippen LogP contribution in [0, 0.1) is 0 Å². The highest BCUT2D eigenvalue weighted by molar-refractivity contribution is 7.99. The summed E-state index contributed by atoms with van der Waals surface area (Å²) in [6.07, 6.45) is 0. The average Bonchev–Trinajstić information content (AvgIpc) is 2.72. The second-order valence-corrected chi connectivity index (χ2v) is 5.10. The van der Waals surface area contributed by atoms with Crippen LogP contribution in [0.3, 0.4) is 0 Å². The lowest BCUT2D eigenvalue weighted by atomic mass is 10.5. The van der Waals surface area contributed by atoms with E-state index in [-0.39, 0.29) is 11.0 Å². The van der Waals surface area contributed by atoms with Crippen molar-refractivity contribution in [3.8, 4) is 0 Å². The van der Waals surface area contributed by atoms with Gasteiger partial charge in [-0.05, 0) is 37.2 Å². The Labute approximate surface area is 124 Å². The molecule has 2 aromatic rings. The molecule has 2 aromatic heterocycles. The fourth-order valence-corrected chi connectivity index (χ4v) is 2.46. The molecule has 108 valence electrons. The molecule has 0 amide bonds. The van der Waals surface area contributed by atoms with Crippen LogP contribution in [-0.2, 0) is 7.05 Å². The molecule has 0 aliphatic heterocycles. The zero-order chi connectivity index (χ0) is 14.7. The molecular weight excluding hydrogens is 302 g/mol. The van der Waals surface area contributed by atoms with Gasteiger partial charge < -0.3 is 4.90 Å². The molecule has 0 bridgehead atoms. The minimum absolute atomic E-state index is 0.116. The molecule has 0 saturated carbocycles. The Morgan fingerprint density at radius 2 is 2.00 bits per heavy atom. The third kappa shape index (κ3) is 3.10. The normalized spacial score (nSPS) is 10.8. The molecule has 0 unspecified atom stereocenters. The van der Waals surface area contributed by atoms with E-state index in [0.29, 0.717) is 16.3 Å².